The van der Waals surface area contributed by atoms with Crippen LogP contribution in [0.4, 0.5) is 11.5 Å². The molecule has 0 bridgehead atoms. The average molecular weight is 407 g/mol. The summed E-state index contributed by atoms with van der Waals surface area (Å²) in [5.74, 6) is -0.288. The van der Waals surface area contributed by atoms with Gasteiger partial charge in [0.2, 0.25) is 0 Å². The monoisotopic (exact) mass is 406 g/mol. The Balaban J connectivity index is 1.72. The topological polar surface area (TPSA) is 119 Å². The Morgan fingerprint density at radius 3 is 2.48 bits per heavy atom. The highest BCUT2D eigenvalue weighted by Crippen LogP contribution is 2.18. The van der Waals surface area contributed by atoms with Gasteiger partial charge < -0.3 is 5.32 Å². The van der Waals surface area contributed by atoms with Gasteiger partial charge in [-0.05, 0) is 49.4 Å². The summed E-state index contributed by atoms with van der Waals surface area (Å²) in [7, 11) is -3.85. The highest BCUT2D eigenvalue weighted by molar-refractivity contribution is 7.92. The summed E-state index contributed by atoms with van der Waals surface area (Å²) in [6.07, 6.45) is 1.54. The van der Waals surface area contributed by atoms with Crippen LogP contribution in [-0.2, 0) is 16.6 Å². The number of benzene rings is 1. The lowest BCUT2D eigenvalue weighted by molar-refractivity contribution is 0.101. The number of amides is 1. The molecular formula is C16H15ClN6O3S. The van der Waals surface area contributed by atoms with Crippen molar-refractivity contribution in [1.82, 2.24) is 20.0 Å². The smallest absolute Gasteiger partial charge is 0.273 e. The van der Waals surface area contributed by atoms with Gasteiger partial charge in [-0.3, -0.25) is 14.2 Å². The van der Waals surface area contributed by atoms with Crippen molar-refractivity contribution in [3.8, 4) is 0 Å². The fraction of sp³-hybridized carbons (Fsp3) is 0.125. The molecule has 0 aliphatic carbocycles. The summed E-state index contributed by atoms with van der Waals surface area (Å²) in [5.41, 5.74) is 0.867. The van der Waals surface area contributed by atoms with E-state index in [1.807, 2.05) is 6.92 Å². The zero-order valence-electron chi connectivity index (χ0n) is 14.1. The second kappa shape index (κ2) is 7.72. The van der Waals surface area contributed by atoms with Crippen molar-refractivity contribution in [2.45, 2.75) is 18.4 Å². The van der Waals surface area contributed by atoms with Crippen LogP contribution in [0.3, 0.4) is 0 Å². The molecule has 0 fully saturated rings. The second-order valence-corrected chi connectivity index (χ2v) is 7.43. The fourth-order valence-electron chi connectivity index (χ4n) is 2.26. The Bertz CT molecular complexity index is 1050. The van der Waals surface area contributed by atoms with E-state index in [2.05, 4.69) is 25.3 Å². The molecule has 2 N–H and O–H groups in total. The summed E-state index contributed by atoms with van der Waals surface area (Å²) < 4.78 is 28.6. The van der Waals surface area contributed by atoms with E-state index in [4.69, 9.17) is 11.6 Å². The summed E-state index contributed by atoms with van der Waals surface area (Å²) in [4.78, 5) is 12.3. The Morgan fingerprint density at radius 2 is 1.85 bits per heavy atom. The zero-order chi connectivity index (χ0) is 19.4. The van der Waals surface area contributed by atoms with E-state index < -0.39 is 10.0 Å². The number of nitrogens with zero attached hydrogens (tertiary/aromatic N) is 4. The van der Waals surface area contributed by atoms with Crippen molar-refractivity contribution in [1.29, 1.82) is 0 Å². The van der Waals surface area contributed by atoms with Gasteiger partial charge >= 0.3 is 0 Å². The van der Waals surface area contributed by atoms with E-state index in [0.29, 0.717) is 17.9 Å². The third-order valence-corrected chi connectivity index (χ3v) is 5.11. The average Bonchev–Trinajstić information content (AvgIpc) is 3.13. The molecule has 0 unspecified atom stereocenters. The van der Waals surface area contributed by atoms with Crippen molar-refractivity contribution in [2.75, 3.05) is 10.0 Å². The number of hydrogen-bond donors (Lipinski definition) is 2. The minimum Gasteiger partial charge on any atom is -0.321 e. The van der Waals surface area contributed by atoms with Crippen LogP contribution in [0.5, 0.6) is 0 Å². The van der Waals surface area contributed by atoms with Crippen LogP contribution in [0.15, 0.2) is 53.6 Å². The molecular weight excluding hydrogens is 392 g/mol. The summed E-state index contributed by atoms with van der Waals surface area (Å²) in [6, 6.07) is 10.2. The van der Waals surface area contributed by atoms with E-state index in [0.717, 1.165) is 0 Å². The van der Waals surface area contributed by atoms with Crippen molar-refractivity contribution >= 4 is 39.0 Å². The molecule has 11 heteroatoms. The van der Waals surface area contributed by atoms with Crippen LogP contribution in [0.25, 0.3) is 0 Å². The number of carbonyl (C=O) groups excluding carboxylic acids is 1. The molecule has 0 saturated heterocycles. The van der Waals surface area contributed by atoms with E-state index >= 15 is 0 Å². The second-order valence-electron chi connectivity index (χ2n) is 5.36. The SMILES string of the molecule is CCn1nccc1C(=O)Nc1ccc(S(=O)(=O)Nc2ccc(Cl)nn2)cc1. The van der Waals surface area contributed by atoms with Gasteiger partial charge in [-0.2, -0.15) is 5.10 Å². The van der Waals surface area contributed by atoms with Crippen molar-refractivity contribution in [2.24, 2.45) is 0 Å². The molecule has 2 heterocycles. The van der Waals surface area contributed by atoms with E-state index in [1.54, 1.807) is 16.9 Å². The third-order valence-electron chi connectivity index (χ3n) is 3.54. The predicted octanol–water partition coefficient (Wildman–Crippen LogP) is 2.40. The Labute approximate surface area is 160 Å². The van der Waals surface area contributed by atoms with Gasteiger partial charge in [0, 0.05) is 18.4 Å². The maximum atomic E-state index is 12.4. The first-order chi connectivity index (χ1) is 12.9. The molecule has 2 aromatic heterocycles. The van der Waals surface area contributed by atoms with Crippen molar-refractivity contribution in [3.63, 3.8) is 0 Å². The first-order valence-electron chi connectivity index (χ1n) is 7.84. The van der Waals surface area contributed by atoms with Crippen LogP contribution in [0, 0.1) is 0 Å². The standard InChI is InChI=1S/C16H15ClN6O3S/c1-2-23-13(9-10-18-23)16(24)19-11-3-5-12(6-4-11)27(25,26)22-15-8-7-14(17)20-21-15/h3-10H,2H2,1H3,(H,19,24)(H,21,22). The number of halogens is 1. The lowest BCUT2D eigenvalue weighted by atomic mass is 10.3. The predicted molar refractivity (Wildman–Crippen MR) is 100 cm³/mol. The number of aryl methyl sites for hydroxylation is 1. The molecule has 1 aromatic carbocycles. The molecule has 140 valence electrons. The largest absolute Gasteiger partial charge is 0.321 e. The number of aromatic nitrogens is 4. The maximum absolute atomic E-state index is 12.4. The Kier molecular flexibility index (Phi) is 5.38. The van der Waals surface area contributed by atoms with Gasteiger partial charge in [0.15, 0.2) is 11.0 Å². The normalized spacial score (nSPS) is 11.2. The van der Waals surface area contributed by atoms with E-state index in [1.165, 1.54) is 36.4 Å². The van der Waals surface area contributed by atoms with Crippen molar-refractivity contribution < 1.29 is 13.2 Å². The summed E-state index contributed by atoms with van der Waals surface area (Å²) in [5, 5.41) is 14.1. The Morgan fingerprint density at radius 1 is 1.11 bits per heavy atom. The van der Waals surface area contributed by atoms with Crippen LogP contribution in [0.1, 0.15) is 17.4 Å². The summed E-state index contributed by atoms with van der Waals surface area (Å²) >= 11 is 5.62. The zero-order valence-corrected chi connectivity index (χ0v) is 15.7. The molecule has 3 rings (SSSR count). The highest BCUT2D eigenvalue weighted by atomic mass is 35.5. The number of anilines is 2. The van der Waals surface area contributed by atoms with Crippen LogP contribution in [0.2, 0.25) is 5.15 Å². The van der Waals surface area contributed by atoms with Crippen LogP contribution >= 0.6 is 11.6 Å². The molecule has 0 radical (unpaired) electrons. The molecule has 27 heavy (non-hydrogen) atoms. The van der Waals surface area contributed by atoms with Gasteiger partial charge in [-0.15, -0.1) is 10.2 Å². The lowest BCUT2D eigenvalue weighted by Gasteiger charge is -2.09. The lowest BCUT2D eigenvalue weighted by Crippen LogP contribution is -2.17. The highest BCUT2D eigenvalue weighted by Gasteiger charge is 2.16. The van der Waals surface area contributed by atoms with E-state index in [9.17, 15) is 13.2 Å². The first-order valence-corrected chi connectivity index (χ1v) is 9.70. The minimum absolute atomic E-state index is 0.0100. The molecule has 9 nitrogen and oxygen atoms in total. The number of rotatable bonds is 6. The number of hydrogen-bond acceptors (Lipinski definition) is 6. The van der Waals surface area contributed by atoms with Crippen LogP contribution in [-0.4, -0.2) is 34.3 Å². The number of sulfonamides is 1. The molecule has 0 saturated carbocycles. The van der Waals surface area contributed by atoms with Gasteiger partial charge in [0.1, 0.15) is 5.69 Å². The van der Waals surface area contributed by atoms with Gasteiger partial charge in [0.25, 0.3) is 15.9 Å². The quantitative estimate of drug-likeness (QED) is 0.648. The third kappa shape index (κ3) is 4.41. The number of nitrogens with one attached hydrogen (secondary N) is 2. The van der Waals surface area contributed by atoms with Gasteiger partial charge in [-0.1, -0.05) is 11.6 Å². The molecule has 3 aromatic rings. The van der Waals surface area contributed by atoms with Crippen LogP contribution < -0.4 is 10.0 Å². The molecule has 0 aliphatic heterocycles. The number of carbonyl (C=O) groups is 1. The maximum Gasteiger partial charge on any atom is 0.273 e. The first kappa shape index (κ1) is 18.8. The molecule has 1 amide bonds. The van der Waals surface area contributed by atoms with Gasteiger partial charge in [-0.25, -0.2) is 8.42 Å². The minimum atomic E-state index is -3.85. The van der Waals surface area contributed by atoms with E-state index in [-0.39, 0.29) is 21.8 Å². The molecule has 0 atom stereocenters. The van der Waals surface area contributed by atoms with Gasteiger partial charge in [0.05, 0.1) is 4.90 Å². The molecule has 0 aliphatic rings. The summed E-state index contributed by atoms with van der Waals surface area (Å²) in [6.45, 7) is 2.44. The molecule has 0 spiro atoms. The fourth-order valence-corrected chi connectivity index (χ4v) is 3.35. The van der Waals surface area contributed by atoms with Crippen molar-refractivity contribution in [3.05, 3.63) is 59.5 Å². The Hall–Kier alpha value is -2.98.